The van der Waals surface area contributed by atoms with Crippen LogP contribution in [0.2, 0.25) is 0 Å². The predicted molar refractivity (Wildman–Crippen MR) is 39.6 cm³/mol. The van der Waals surface area contributed by atoms with E-state index in [2.05, 4.69) is 23.9 Å². The third-order valence-corrected chi connectivity index (χ3v) is 1.59. The molecule has 0 aromatic carbocycles. The maximum Gasteiger partial charge on any atom is 0.137 e. The van der Waals surface area contributed by atoms with Gasteiger partial charge in [0.25, 0.3) is 0 Å². The van der Waals surface area contributed by atoms with Gasteiger partial charge >= 0.3 is 0 Å². The van der Waals surface area contributed by atoms with E-state index in [1.54, 1.807) is 12.7 Å². The molecule has 10 heavy (non-hydrogen) atoms. The van der Waals surface area contributed by atoms with Gasteiger partial charge in [-0.3, -0.25) is 4.68 Å². The van der Waals surface area contributed by atoms with Crippen molar-refractivity contribution in [2.24, 2.45) is 0 Å². The van der Waals surface area contributed by atoms with Gasteiger partial charge in [-0.15, -0.1) is 0 Å². The van der Waals surface area contributed by atoms with Gasteiger partial charge in [-0.2, -0.15) is 5.10 Å². The average Bonchev–Trinajstić information content (AvgIpc) is 2.38. The number of hydrogen-bond donors (Lipinski definition) is 0. The molecule has 0 aliphatic carbocycles. The quantitative estimate of drug-likeness (QED) is 0.637. The van der Waals surface area contributed by atoms with Crippen LogP contribution in [0, 0.1) is 0 Å². The van der Waals surface area contributed by atoms with E-state index in [1.165, 1.54) is 12.8 Å². The standard InChI is InChI=1S/C7H13N3/c1-3-4-7(2)10-6-8-5-9-10/h5-7H,3-4H2,1-2H3. The maximum absolute atomic E-state index is 4.04. The summed E-state index contributed by atoms with van der Waals surface area (Å²) in [5.74, 6) is 0. The van der Waals surface area contributed by atoms with E-state index in [9.17, 15) is 0 Å². The number of hydrogen-bond acceptors (Lipinski definition) is 2. The van der Waals surface area contributed by atoms with Gasteiger partial charge in [-0.1, -0.05) is 13.3 Å². The zero-order chi connectivity index (χ0) is 7.40. The summed E-state index contributed by atoms with van der Waals surface area (Å²) in [6, 6.07) is 0.493. The molecular weight excluding hydrogens is 126 g/mol. The van der Waals surface area contributed by atoms with Crippen molar-refractivity contribution >= 4 is 0 Å². The van der Waals surface area contributed by atoms with Crippen LogP contribution in [0.5, 0.6) is 0 Å². The number of nitrogens with zero attached hydrogens (tertiary/aromatic N) is 3. The minimum Gasteiger partial charge on any atom is -0.250 e. The molecule has 0 N–H and O–H groups in total. The summed E-state index contributed by atoms with van der Waals surface area (Å²) in [6.45, 7) is 4.33. The van der Waals surface area contributed by atoms with E-state index in [4.69, 9.17) is 0 Å². The average molecular weight is 139 g/mol. The van der Waals surface area contributed by atoms with Gasteiger partial charge in [0.1, 0.15) is 12.7 Å². The zero-order valence-corrected chi connectivity index (χ0v) is 6.49. The minimum absolute atomic E-state index is 0.493. The van der Waals surface area contributed by atoms with Crippen LogP contribution < -0.4 is 0 Å². The monoisotopic (exact) mass is 139 g/mol. The van der Waals surface area contributed by atoms with E-state index in [0.29, 0.717) is 6.04 Å². The van der Waals surface area contributed by atoms with Crippen LogP contribution in [0.3, 0.4) is 0 Å². The Labute approximate surface area is 61.1 Å². The molecule has 0 aliphatic heterocycles. The molecule has 0 amide bonds. The second kappa shape index (κ2) is 3.34. The highest BCUT2D eigenvalue weighted by atomic mass is 15.3. The zero-order valence-electron chi connectivity index (χ0n) is 6.49. The normalized spacial score (nSPS) is 13.4. The molecule has 1 atom stereocenters. The van der Waals surface area contributed by atoms with Crippen molar-refractivity contribution in [1.29, 1.82) is 0 Å². The second-order valence-corrected chi connectivity index (χ2v) is 2.51. The van der Waals surface area contributed by atoms with Crippen molar-refractivity contribution in [2.75, 3.05) is 0 Å². The fourth-order valence-corrected chi connectivity index (χ4v) is 0.995. The molecule has 3 heteroatoms. The summed E-state index contributed by atoms with van der Waals surface area (Å²) < 4.78 is 1.89. The molecule has 1 aromatic heterocycles. The highest BCUT2D eigenvalue weighted by molar-refractivity contribution is 4.63. The molecule has 0 radical (unpaired) electrons. The first-order valence-electron chi connectivity index (χ1n) is 3.68. The second-order valence-electron chi connectivity index (χ2n) is 2.51. The Bertz CT molecular complexity index is 169. The lowest BCUT2D eigenvalue weighted by Crippen LogP contribution is -2.04. The molecule has 1 rings (SSSR count). The van der Waals surface area contributed by atoms with E-state index < -0.39 is 0 Å². The van der Waals surface area contributed by atoms with Gasteiger partial charge in [-0.05, 0) is 13.3 Å². The van der Waals surface area contributed by atoms with Crippen molar-refractivity contribution in [2.45, 2.75) is 32.7 Å². The molecular formula is C7H13N3. The van der Waals surface area contributed by atoms with Gasteiger partial charge in [0.2, 0.25) is 0 Å². The summed E-state index contributed by atoms with van der Waals surface area (Å²) in [4.78, 5) is 3.88. The summed E-state index contributed by atoms with van der Waals surface area (Å²) in [5.41, 5.74) is 0. The van der Waals surface area contributed by atoms with Gasteiger partial charge in [0, 0.05) is 0 Å². The van der Waals surface area contributed by atoms with Crippen molar-refractivity contribution in [1.82, 2.24) is 14.8 Å². The highest BCUT2D eigenvalue weighted by Gasteiger charge is 2.01. The SMILES string of the molecule is CCCC(C)n1cncn1. The fraction of sp³-hybridized carbons (Fsp3) is 0.714. The summed E-state index contributed by atoms with van der Waals surface area (Å²) in [6.07, 6.45) is 5.71. The molecule has 1 unspecified atom stereocenters. The van der Waals surface area contributed by atoms with Crippen molar-refractivity contribution in [3.63, 3.8) is 0 Å². The van der Waals surface area contributed by atoms with Crippen LogP contribution in [0.25, 0.3) is 0 Å². The van der Waals surface area contributed by atoms with E-state index in [1.807, 2.05) is 4.68 Å². The Morgan fingerprint density at radius 1 is 1.60 bits per heavy atom. The van der Waals surface area contributed by atoms with Gasteiger partial charge in [0.15, 0.2) is 0 Å². The summed E-state index contributed by atoms with van der Waals surface area (Å²) in [7, 11) is 0. The van der Waals surface area contributed by atoms with E-state index in [-0.39, 0.29) is 0 Å². The third kappa shape index (κ3) is 1.56. The van der Waals surface area contributed by atoms with E-state index in [0.717, 1.165) is 0 Å². The molecule has 0 spiro atoms. The lowest BCUT2D eigenvalue weighted by atomic mass is 10.2. The molecule has 1 heterocycles. The number of aromatic nitrogens is 3. The lowest BCUT2D eigenvalue weighted by molar-refractivity contribution is 0.454. The molecule has 0 saturated heterocycles. The first kappa shape index (κ1) is 7.25. The van der Waals surface area contributed by atoms with Crippen LogP contribution in [0.1, 0.15) is 32.7 Å². The Hall–Kier alpha value is -0.860. The fourth-order valence-electron chi connectivity index (χ4n) is 0.995. The van der Waals surface area contributed by atoms with Crippen molar-refractivity contribution < 1.29 is 0 Å². The van der Waals surface area contributed by atoms with Crippen molar-refractivity contribution in [3.05, 3.63) is 12.7 Å². The van der Waals surface area contributed by atoms with Crippen LogP contribution in [-0.4, -0.2) is 14.8 Å². The van der Waals surface area contributed by atoms with Crippen LogP contribution in [0.4, 0.5) is 0 Å². The summed E-state index contributed by atoms with van der Waals surface area (Å²) >= 11 is 0. The Morgan fingerprint density at radius 3 is 2.90 bits per heavy atom. The van der Waals surface area contributed by atoms with Crippen LogP contribution in [-0.2, 0) is 0 Å². The first-order valence-corrected chi connectivity index (χ1v) is 3.68. The molecule has 0 aliphatic rings. The smallest absolute Gasteiger partial charge is 0.137 e. The number of rotatable bonds is 3. The van der Waals surface area contributed by atoms with E-state index >= 15 is 0 Å². The Morgan fingerprint density at radius 2 is 2.40 bits per heavy atom. The first-order chi connectivity index (χ1) is 4.84. The third-order valence-electron chi connectivity index (χ3n) is 1.59. The summed E-state index contributed by atoms with van der Waals surface area (Å²) in [5, 5.41) is 4.04. The van der Waals surface area contributed by atoms with Gasteiger partial charge < -0.3 is 0 Å². The largest absolute Gasteiger partial charge is 0.250 e. The molecule has 56 valence electrons. The lowest BCUT2D eigenvalue weighted by Gasteiger charge is -2.08. The predicted octanol–water partition coefficient (Wildman–Crippen LogP) is 1.64. The van der Waals surface area contributed by atoms with Crippen LogP contribution >= 0.6 is 0 Å². The minimum atomic E-state index is 0.493. The molecule has 1 aromatic rings. The van der Waals surface area contributed by atoms with Gasteiger partial charge in [0.05, 0.1) is 6.04 Å². The van der Waals surface area contributed by atoms with Gasteiger partial charge in [-0.25, -0.2) is 4.98 Å². The molecule has 0 bridgehead atoms. The highest BCUT2D eigenvalue weighted by Crippen LogP contribution is 2.08. The molecule has 3 nitrogen and oxygen atoms in total. The van der Waals surface area contributed by atoms with Crippen LogP contribution in [0.15, 0.2) is 12.7 Å². The maximum atomic E-state index is 4.04. The molecule has 0 saturated carbocycles. The molecule has 0 fully saturated rings. The topological polar surface area (TPSA) is 30.7 Å². The van der Waals surface area contributed by atoms with Crippen molar-refractivity contribution in [3.8, 4) is 0 Å². The Balaban J connectivity index is 2.50. The Kier molecular flexibility index (Phi) is 2.42.